The van der Waals surface area contributed by atoms with Gasteiger partial charge in [0.1, 0.15) is 0 Å². The van der Waals surface area contributed by atoms with Crippen LogP contribution in [0.2, 0.25) is 0 Å². The molecule has 0 saturated carbocycles. The molecule has 0 amide bonds. The highest BCUT2D eigenvalue weighted by atomic mass is 14.2. The van der Waals surface area contributed by atoms with Crippen LogP contribution in [0.5, 0.6) is 0 Å². The van der Waals surface area contributed by atoms with E-state index in [0.29, 0.717) is 0 Å². The Hall–Kier alpha value is -2.86. The molecule has 0 heterocycles. The average molecular weight is 310 g/mol. The molecule has 3 rings (SSSR count). The number of hydrogen-bond acceptors (Lipinski definition) is 0. The third-order valence-electron chi connectivity index (χ3n) is 4.57. The molecule has 24 heavy (non-hydrogen) atoms. The molecule has 0 unspecified atom stereocenters. The van der Waals surface area contributed by atoms with E-state index in [9.17, 15) is 0 Å². The van der Waals surface area contributed by atoms with Gasteiger partial charge in [-0.15, -0.1) is 0 Å². The van der Waals surface area contributed by atoms with Crippen molar-refractivity contribution in [1.82, 2.24) is 0 Å². The lowest BCUT2D eigenvalue weighted by molar-refractivity contribution is 1.43. The summed E-state index contributed by atoms with van der Waals surface area (Å²) in [5.41, 5.74) is 9.70. The fraction of sp³-hybridized carbons (Fsp3) is 0.0833. The molecule has 0 nitrogen and oxygen atoms in total. The molecule has 0 radical (unpaired) electrons. The van der Waals surface area contributed by atoms with Crippen molar-refractivity contribution in [3.63, 3.8) is 0 Å². The minimum atomic E-state index is 1.14. The van der Waals surface area contributed by atoms with Crippen molar-refractivity contribution in [3.8, 4) is 22.3 Å². The van der Waals surface area contributed by atoms with Crippen LogP contribution in [0.1, 0.15) is 22.3 Å². The van der Waals surface area contributed by atoms with Gasteiger partial charge in [-0.3, -0.25) is 0 Å². The molecule has 0 fully saturated rings. The first kappa shape index (κ1) is 16.0. The van der Waals surface area contributed by atoms with Gasteiger partial charge in [0.15, 0.2) is 0 Å². The lowest BCUT2D eigenvalue weighted by Gasteiger charge is -2.17. The van der Waals surface area contributed by atoms with Crippen LogP contribution in [0.4, 0.5) is 0 Å². The van der Waals surface area contributed by atoms with E-state index in [-0.39, 0.29) is 0 Å². The topological polar surface area (TPSA) is 0 Å². The van der Waals surface area contributed by atoms with Gasteiger partial charge >= 0.3 is 0 Å². The van der Waals surface area contributed by atoms with Crippen molar-refractivity contribution < 1.29 is 0 Å². The second kappa shape index (κ2) is 6.72. The monoisotopic (exact) mass is 310 g/mol. The van der Waals surface area contributed by atoms with E-state index in [1.54, 1.807) is 0 Å². The summed E-state index contributed by atoms with van der Waals surface area (Å²) in [5, 5.41) is 0. The van der Waals surface area contributed by atoms with Crippen LogP contribution in [0.15, 0.2) is 73.8 Å². The number of aryl methyl sites for hydroxylation is 2. The SMILES string of the molecule is C=Cc1c(-c2ccccc2C)ccc(-c2ccccc2C)c1C=C. The highest BCUT2D eigenvalue weighted by Gasteiger charge is 2.13. The number of rotatable bonds is 4. The molecule has 0 N–H and O–H groups in total. The van der Waals surface area contributed by atoms with Crippen LogP contribution < -0.4 is 0 Å². The highest BCUT2D eigenvalue weighted by molar-refractivity contribution is 5.89. The van der Waals surface area contributed by atoms with Crippen molar-refractivity contribution >= 4 is 12.2 Å². The molecule has 0 spiro atoms. The van der Waals surface area contributed by atoms with Crippen LogP contribution in [-0.4, -0.2) is 0 Å². The number of hydrogen-bond donors (Lipinski definition) is 0. The van der Waals surface area contributed by atoms with Crippen LogP contribution in [0, 0.1) is 13.8 Å². The second-order valence-electron chi connectivity index (χ2n) is 6.03. The van der Waals surface area contributed by atoms with Crippen molar-refractivity contribution in [1.29, 1.82) is 0 Å². The standard InChI is InChI=1S/C24H22/c1-5-19-20(6-2)24(22-14-10-8-12-18(22)4)16-15-23(19)21-13-9-7-11-17(21)3/h5-16H,1-2H2,3-4H3. The minimum Gasteiger partial charge on any atom is -0.0984 e. The van der Waals surface area contributed by atoms with Crippen LogP contribution in [0.25, 0.3) is 34.4 Å². The molecule has 0 bridgehead atoms. The van der Waals surface area contributed by atoms with Gasteiger partial charge in [-0.25, -0.2) is 0 Å². The maximum atomic E-state index is 4.06. The lowest BCUT2D eigenvalue weighted by Crippen LogP contribution is -1.94. The zero-order valence-corrected chi connectivity index (χ0v) is 14.3. The first-order chi connectivity index (χ1) is 11.7. The Bertz CT molecular complexity index is 837. The summed E-state index contributed by atoms with van der Waals surface area (Å²) in [6.45, 7) is 12.4. The molecule has 0 atom stereocenters. The molecule has 0 saturated heterocycles. The van der Waals surface area contributed by atoms with Crippen LogP contribution in [-0.2, 0) is 0 Å². The van der Waals surface area contributed by atoms with Gasteiger partial charge in [0.25, 0.3) is 0 Å². The summed E-state index contributed by atoms with van der Waals surface area (Å²) in [4.78, 5) is 0. The Kier molecular flexibility index (Phi) is 4.48. The quantitative estimate of drug-likeness (QED) is 0.490. The lowest BCUT2D eigenvalue weighted by atomic mass is 9.87. The van der Waals surface area contributed by atoms with Crippen molar-refractivity contribution in [2.45, 2.75) is 13.8 Å². The summed E-state index contributed by atoms with van der Waals surface area (Å²) < 4.78 is 0. The minimum absolute atomic E-state index is 1.14. The molecule has 0 aliphatic rings. The third-order valence-corrected chi connectivity index (χ3v) is 4.57. The molecule has 0 aliphatic heterocycles. The molecular weight excluding hydrogens is 288 g/mol. The van der Waals surface area contributed by atoms with Gasteiger partial charge in [0.2, 0.25) is 0 Å². The smallest absolute Gasteiger partial charge is 0.0103 e. The fourth-order valence-electron chi connectivity index (χ4n) is 3.30. The van der Waals surface area contributed by atoms with Gasteiger partial charge in [0, 0.05) is 0 Å². The van der Waals surface area contributed by atoms with Crippen molar-refractivity contribution in [2.24, 2.45) is 0 Å². The van der Waals surface area contributed by atoms with E-state index in [4.69, 9.17) is 0 Å². The summed E-state index contributed by atoms with van der Waals surface area (Å²) in [7, 11) is 0. The van der Waals surface area contributed by atoms with Crippen LogP contribution in [0.3, 0.4) is 0 Å². The Labute approximate surface area is 144 Å². The van der Waals surface area contributed by atoms with Gasteiger partial charge in [0.05, 0.1) is 0 Å². The van der Waals surface area contributed by atoms with E-state index in [1.807, 2.05) is 12.2 Å². The fourth-order valence-corrected chi connectivity index (χ4v) is 3.30. The van der Waals surface area contributed by atoms with Crippen molar-refractivity contribution in [2.75, 3.05) is 0 Å². The zero-order chi connectivity index (χ0) is 17.1. The molecule has 3 aromatic rings. The predicted molar refractivity (Wildman–Crippen MR) is 107 cm³/mol. The summed E-state index contributed by atoms with van der Waals surface area (Å²) in [6.07, 6.45) is 3.89. The third kappa shape index (κ3) is 2.72. The molecule has 0 aromatic heterocycles. The van der Waals surface area contributed by atoms with Gasteiger partial charge < -0.3 is 0 Å². The maximum absolute atomic E-state index is 4.06. The average Bonchev–Trinajstić information content (AvgIpc) is 2.61. The Balaban J connectivity index is 2.31. The Morgan fingerprint density at radius 2 is 0.917 bits per heavy atom. The Morgan fingerprint density at radius 3 is 1.25 bits per heavy atom. The van der Waals surface area contributed by atoms with E-state index in [0.717, 1.165) is 11.1 Å². The summed E-state index contributed by atoms with van der Waals surface area (Å²) in [6, 6.07) is 21.3. The first-order valence-corrected chi connectivity index (χ1v) is 8.21. The van der Waals surface area contributed by atoms with Crippen LogP contribution >= 0.6 is 0 Å². The molecule has 0 heteroatoms. The normalized spacial score (nSPS) is 10.4. The maximum Gasteiger partial charge on any atom is -0.0103 e. The van der Waals surface area contributed by atoms with E-state index < -0.39 is 0 Å². The largest absolute Gasteiger partial charge is 0.0984 e. The second-order valence-corrected chi connectivity index (χ2v) is 6.03. The predicted octanol–water partition coefficient (Wildman–Crippen LogP) is 6.92. The summed E-state index contributed by atoms with van der Waals surface area (Å²) in [5.74, 6) is 0. The van der Waals surface area contributed by atoms with E-state index >= 15 is 0 Å². The zero-order valence-electron chi connectivity index (χ0n) is 14.3. The highest BCUT2D eigenvalue weighted by Crippen LogP contribution is 2.37. The number of benzene rings is 3. The first-order valence-electron chi connectivity index (χ1n) is 8.21. The van der Waals surface area contributed by atoms with E-state index in [2.05, 4.69) is 87.7 Å². The molecule has 3 aromatic carbocycles. The molecule has 0 aliphatic carbocycles. The van der Waals surface area contributed by atoms with Gasteiger partial charge in [-0.1, -0.05) is 86.0 Å². The summed E-state index contributed by atoms with van der Waals surface area (Å²) >= 11 is 0. The van der Waals surface area contributed by atoms with Gasteiger partial charge in [-0.05, 0) is 58.4 Å². The molecular formula is C24H22. The molecule has 118 valence electrons. The Morgan fingerprint density at radius 1 is 0.542 bits per heavy atom. The van der Waals surface area contributed by atoms with Gasteiger partial charge in [-0.2, -0.15) is 0 Å². The van der Waals surface area contributed by atoms with Crippen molar-refractivity contribution in [3.05, 3.63) is 96.1 Å². The van der Waals surface area contributed by atoms with E-state index in [1.165, 1.54) is 33.4 Å².